The van der Waals surface area contributed by atoms with Gasteiger partial charge < -0.3 is 25.2 Å². The number of nitrogens with one attached hydrogen (secondary N) is 2. The predicted octanol–water partition coefficient (Wildman–Crippen LogP) is 4.45. The van der Waals surface area contributed by atoms with Crippen molar-refractivity contribution in [3.05, 3.63) is 23.5 Å². The van der Waals surface area contributed by atoms with E-state index >= 15 is 0 Å². The first-order valence-electron chi connectivity index (χ1n) is 14.1. The van der Waals surface area contributed by atoms with Crippen LogP contribution in [0.4, 0.5) is 4.39 Å². The molecule has 4 saturated carbocycles. The van der Waals surface area contributed by atoms with Crippen LogP contribution in [-0.2, 0) is 9.59 Å². The Morgan fingerprint density at radius 3 is 2.32 bits per heavy atom. The lowest BCUT2D eigenvalue weighted by Gasteiger charge is -2.34. The number of benzene rings is 1. The Morgan fingerprint density at radius 2 is 1.66 bits per heavy atom. The average molecular weight is 531 g/mol. The molecule has 208 valence electrons. The Hall–Kier alpha value is -2.84. The SMILES string of the molecule is COc1cc(F)c(O[C@H]2CC[C@@](C)(C(=O)O)CC2)cc1C(=O)N[C@@H]1[C@H]2CC[C@H](C2)[C@@H]1C(=O)NC1CCCC1. The van der Waals surface area contributed by atoms with Crippen molar-refractivity contribution >= 4 is 17.8 Å². The molecule has 1 aromatic carbocycles. The molecular weight excluding hydrogens is 491 g/mol. The summed E-state index contributed by atoms with van der Waals surface area (Å²) in [5, 5.41) is 15.8. The monoisotopic (exact) mass is 530 g/mol. The summed E-state index contributed by atoms with van der Waals surface area (Å²) < 4.78 is 26.2. The third kappa shape index (κ3) is 5.21. The fourth-order valence-corrected chi connectivity index (χ4v) is 7.18. The molecule has 2 amide bonds. The number of fused-ring (bicyclic) bond motifs is 2. The maximum Gasteiger partial charge on any atom is 0.309 e. The fraction of sp³-hybridized carbons (Fsp3) is 0.690. The van der Waals surface area contributed by atoms with Gasteiger partial charge in [0.15, 0.2) is 11.6 Å². The molecule has 1 aromatic rings. The van der Waals surface area contributed by atoms with Gasteiger partial charge in [-0.15, -0.1) is 0 Å². The van der Waals surface area contributed by atoms with Crippen LogP contribution in [0.25, 0.3) is 0 Å². The highest BCUT2D eigenvalue weighted by Crippen LogP contribution is 2.49. The number of carbonyl (C=O) groups excluding carboxylic acids is 2. The third-order valence-corrected chi connectivity index (χ3v) is 9.56. The van der Waals surface area contributed by atoms with Gasteiger partial charge in [-0.3, -0.25) is 14.4 Å². The summed E-state index contributed by atoms with van der Waals surface area (Å²) in [5.41, 5.74) is -0.641. The van der Waals surface area contributed by atoms with E-state index in [-0.39, 0.29) is 58.9 Å². The topological polar surface area (TPSA) is 114 Å². The lowest BCUT2D eigenvalue weighted by atomic mass is 9.75. The Labute approximate surface area is 223 Å². The van der Waals surface area contributed by atoms with Gasteiger partial charge in [-0.2, -0.15) is 0 Å². The van der Waals surface area contributed by atoms with Crippen LogP contribution in [0, 0.1) is 29.0 Å². The summed E-state index contributed by atoms with van der Waals surface area (Å²) in [6, 6.07) is 2.48. The number of aliphatic carboxylic acids is 1. The van der Waals surface area contributed by atoms with Crippen LogP contribution in [0.15, 0.2) is 12.1 Å². The average Bonchev–Trinajstić information content (AvgIpc) is 3.65. The zero-order valence-corrected chi connectivity index (χ0v) is 22.3. The highest BCUT2D eigenvalue weighted by molar-refractivity contribution is 5.98. The number of rotatable bonds is 8. The molecule has 0 saturated heterocycles. The zero-order chi connectivity index (χ0) is 27.0. The molecule has 3 N–H and O–H groups in total. The molecule has 4 aliphatic rings. The minimum absolute atomic E-state index is 0.0372. The molecule has 5 rings (SSSR count). The second kappa shape index (κ2) is 10.7. The second-order valence-corrected chi connectivity index (χ2v) is 12.0. The van der Waals surface area contributed by atoms with E-state index in [9.17, 15) is 23.9 Å². The van der Waals surface area contributed by atoms with E-state index < -0.39 is 23.1 Å². The van der Waals surface area contributed by atoms with Crippen molar-refractivity contribution < 1.29 is 33.4 Å². The summed E-state index contributed by atoms with van der Waals surface area (Å²) >= 11 is 0. The largest absolute Gasteiger partial charge is 0.496 e. The summed E-state index contributed by atoms with van der Waals surface area (Å²) in [6.45, 7) is 1.72. The molecule has 0 aromatic heterocycles. The summed E-state index contributed by atoms with van der Waals surface area (Å²) in [6.07, 6.45) is 8.71. The van der Waals surface area contributed by atoms with Gasteiger partial charge >= 0.3 is 5.97 Å². The molecule has 0 unspecified atom stereocenters. The molecule has 38 heavy (non-hydrogen) atoms. The molecule has 9 heteroatoms. The number of carbonyl (C=O) groups is 3. The fourth-order valence-electron chi connectivity index (χ4n) is 7.18. The van der Waals surface area contributed by atoms with Gasteiger partial charge in [-0.05, 0) is 82.6 Å². The van der Waals surface area contributed by atoms with Crippen LogP contribution in [0.3, 0.4) is 0 Å². The maximum absolute atomic E-state index is 14.9. The van der Waals surface area contributed by atoms with E-state index in [2.05, 4.69) is 10.6 Å². The molecule has 4 atom stereocenters. The first-order chi connectivity index (χ1) is 18.2. The number of methoxy groups -OCH3 is 1. The van der Waals surface area contributed by atoms with E-state index in [1.165, 1.54) is 13.2 Å². The number of carboxylic acid groups (broad SMARTS) is 1. The van der Waals surface area contributed by atoms with Crippen molar-refractivity contribution in [2.75, 3.05) is 7.11 Å². The highest BCUT2D eigenvalue weighted by Gasteiger charge is 2.51. The Morgan fingerprint density at radius 1 is 0.974 bits per heavy atom. The van der Waals surface area contributed by atoms with Crippen LogP contribution < -0.4 is 20.1 Å². The second-order valence-electron chi connectivity index (χ2n) is 12.0. The molecular formula is C29H39FN2O6. The van der Waals surface area contributed by atoms with E-state index in [1.807, 2.05) is 0 Å². The maximum atomic E-state index is 14.9. The number of carboxylic acids is 1. The van der Waals surface area contributed by atoms with Gasteiger partial charge in [0.2, 0.25) is 5.91 Å². The van der Waals surface area contributed by atoms with Crippen molar-refractivity contribution in [3.8, 4) is 11.5 Å². The molecule has 0 aliphatic heterocycles. The number of hydrogen-bond acceptors (Lipinski definition) is 5. The van der Waals surface area contributed by atoms with Crippen molar-refractivity contribution in [2.45, 2.75) is 95.7 Å². The Kier molecular flexibility index (Phi) is 7.56. The molecule has 0 spiro atoms. The van der Waals surface area contributed by atoms with Crippen molar-refractivity contribution in [1.82, 2.24) is 10.6 Å². The number of halogens is 1. The zero-order valence-electron chi connectivity index (χ0n) is 22.3. The minimum atomic E-state index is -0.832. The Bertz CT molecular complexity index is 1080. The van der Waals surface area contributed by atoms with E-state index in [0.29, 0.717) is 25.7 Å². The van der Waals surface area contributed by atoms with Crippen LogP contribution in [0.1, 0.15) is 87.9 Å². The lowest BCUT2D eigenvalue weighted by molar-refractivity contribution is -0.150. The standard InChI is InChI=1S/C29H39FN2O6/c1-29(28(35)36)11-9-19(10-12-29)38-23-14-20(22(37-2)15-21(23)30)26(33)32-25-17-8-7-16(13-17)24(25)27(34)31-18-5-3-4-6-18/h14-19,24-25H,3-13H2,1-2H3,(H,31,34)(H,32,33)(H,35,36)/t16-,17+,19-,24+,25-,29+/m1/s1. The van der Waals surface area contributed by atoms with E-state index in [0.717, 1.165) is 51.0 Å². The summed E-state index contributed by atoms with van der Waals surface area (Å²) in [7, 11) is 1.38. The quantitative estimate of drug-likeness (QED) is 0.458. The smallest absolute Gasteiger partial charge is 0.309 e. The predicted molar refractivity (Wildman–Crippen MR) is 138 cm³/mol. The van der Waals surface area contributed by atoms with Crippen LogP contribution in [0.2, 0.25) is 0 Å². The van der Waals surface area contributed by atoms with Gasteiger partial charge in [0.1, 0.15) is 5.75 Å². The number of amides is 2. The lowest BCUT2D eigenvalue weighted by Crippen LogP contribution is -2.51. The highest BCUT2D eigenvalue weighted by atomic mass is 19.1. The number of ether oxygens (including phenoxy) is 2. The molecule has 4 aliphatic carbocycles. The first kappa shape index (κ1) is 26.8. The molecule has 0 heterocycles. The number of hydrogen-bond donors (Lipinski definition) is 3. The van der Waals surface area contributed by atoms with Crippen molar-refractivity contribution in [2.24, 2.45) is 23.2 Å². The van der Waals surface area contributed by atoms with Gasteiger partial charge in [0, 0.05) is 18.2 Å². The van der Waals surface area contributed by atoms with E-state index in [1.54, 1.807) is 6.92 Å². The van der Waals surface area contributed by atoms with Gasteiger partial charge in [-0.25, -0.2) is 4.39 Å². The Balaban J connectivity index is 1.30. The van der Waals surface area contributed by atoms with Crippen LogP contribution in [-0.4, -0.2) is 48.2 Å². The molecule has 2 bridgehead atoms. The van der Waals surface area contributed by atoms with E-state index in [4.69, 9.17) is 9.47 Å². The van der Waals surface area contributed by atoms with Gasteiger partial charge in [0.05, 0.1) is 30.1 Å². The van der Waals surface area contributed by atoms with Crippen molar-refractivity contribution in [3.63, 3.8) is 0 Å². The van der Waals surface area contributed by atoms with Crippen LogP contribution >= 0.6 is 0 Å². The molecule has 0 radical (unpaired) electrons. The van der Waals surface area contributed by atoms with Crippen molar-refractivity contribution in [1.29, 1.82) is 0 Å². The normalized spacial score (nSPS) is 32.7. The minimum Gasteiger partial charge on any atom is -0.496 e. The van der Waals surface area contributed by atoms with Crippen LogP contribution in [0.5, 0.6) is 11.5 Å². The van der Waals surface area contributed by atoms with Gasteiger partial charge in [-0.1, -0.05) is 12.8 Å². The molecule has 8 nitrogen and oxygen atoms in total. The van der Waals surface area contributed by atoms with Gasteiger partial charge in [0.25, 0.3) is 5.91 Å². The molecule has 4 fully saturated rings. The summed E-state index contributed by atoms with van der Waals surface area (Å²) in [4.78, 5) is 38.3. The first-order valence-corrected chi connectivity index (χ1v) is 14.1. The summed E-state index contributed by atoms with van der Waals surface area (Å²) in [5.74, 6) is -1.54. The third-order valence-electron chi connectivity index (χ3n) is 9.56.